The van der Waals surface area contributed by atoms with E-state index in [1.54, 1.807) is 0 Å². The number of nitrogens with one attached hydrogen (secondary N) is 2. The van der Waals surface area contributed by atoms with Gasteiger partial charge >= 0.3 is 0 Å². The summed E-state index contributed by atoms with van der Waals surface area (Å²) >= 11 is 0. The number of rotatable bonds is 2. The molecule has 3 aromatic heterocycles. The average Bonchev–Trinajstić information content (AvgIpc) is 3.02. The second-order valence-electron chi connectivity index (χ2n) is 3.46. The molecule has 0 radical (unpaired) electrons. The quantitative estimate of drug-likeness (QED) is 0.634. The van der Waals surface area contributed by atoms with Crippen molar-refractivity contribution in [3.05, 3.63) is 55.2 Å². The first-order valence-electron chi connectivity index (χ1n) is 4.88. The summed E-state index contributed by atoms with van der Waals surface area (Å²) in [7, 11) is 0. The lowest BCUT2D eigenvalue weighted by atomic mass is 10.2. The van der Waals surface area contributed by atoms with Crippen molar-refractivity contribution in [1.82, 2.24) is 14.5 Å². The summed E-state index contributed by atoms with van der Waals surface area (Å²) in [4.78, 5) is 6.22. The molecule has 3 heteroatoms. The Morgan fingerprint density at radius 3 is 2.73 bits per heavy atom. The third kappa shape index (κ3) is 1.38. The molecule has 0 aliphatic rings. The molecule has 0 aliphatic carbocycles. The minimum Gasteiger partial charge on any atom is -0.367 e. The zero-order valence-corrected chi connectivity index (χ0v) is 8.14. The van der Waals surface area contributed by atoms with Crippen LogP contribution in [0.2, 0.25) is 0 Å². The van der Waals surface area contributed by atoms with Crippen LogP contribution in [0.5, 0.6) is 0 Å². The molecule has 3 heterocycles. The van der Waals surface area contributed by atoms with Crippen molar-refractivity contribution in [1.29, 1.82) is 0 Å². The lowest BCUT2D eigenvalue weighted by Crippen LogP contribution is -1.87. The normalized spacial score (nSPS) is 10.7. The van der Waals surface area contributed by atoms with E-state index in [-0.39, 0.29) is 0 Å². The molecule has 0 fully saturated rings. The Morgan fingerprint density at radius 2 is 2.00 bits per heavy atom. The van der Waals surface area contributed by atoms with E-state index in [0.29, 0.717) is 0 Å². The van der Waals surface area contributed by atoms with Crippen molar-refractivity contribution in [2.24, 2.45) is 0 Å². The van der Waals surface area contributed by atoms with Gasteiger partial charge in [-0.2, -0.15) is 0 Å². The average molecular weight is 197 g/mol. The summed E-state index contributed by atoms with van der Waals surface area (Å²) in [6, 6.07) is 8.20. The summed E-state index contributed by atoms with van der Waals surface area (Å²) in [5.41, 5.74) is 2.42. The predicted molar refractivity (Wildman–Crippen MR) is 59.9 cm³/mol. The van der Waals surface area contributed by atoms with Crippen LogP contribution in [0.25, 0.3) is 16.9 Å². The van der Waals surface area contributed by atoms with Crippen molar-refractivity contribution < 1.29 is 0 Å². The molecular formula is C12H11N3. The number of hydrogen-bond donors (Lipinski definition) is 2. The molecule has 0 atom stereocenters. The summed E-state index contributed by atoms with van der Waals surface area (Å²) in [6.07, 6.45) is 10.0. The number of nitrogens with zero attached hydrogens (tertiary/aromatic N) is 1. The van der Waals surface area contributed by atoms with E-state index in [4.69, 9.17) is 0 Å². The second kappa shape index (κ2) is 3.20. The van der Waals surface area contributed by atoms with Crippen molar-refractivity contribution in [2.75, 3.05) is 0 Å². The molecule has 0 aromatic carbocycles. The van der Waals surface area contributed by atoms with Crippen LogP contribution in [0.15, 0.2) is 55.2 Å². The minimum absolute atomic E-state index is 1.08. The van der Waals surface area contributed by atoms with Gasteiger partial charge in [-0.1, -0.05) is 0 Å². The molecule has 0 amide bonds. The summed E-state index contributed by atoms with van der Waals surface area (Å²) in [5.74, 6) is 1.08. The van der Waals surface area contributed by atoms with Gasteiger partial charge in [0.1, 0.15) is 5.82 Å². The van der Waals surface area contributed by atoms with Gasteiger partial charge < -0.3 is 14.5 Å². The number of aromatic nitrogens is 3. The fourth-order valence-electron chi connectivity index (χ4n) is 1.70. The molecule has 0 aliphatic heterocycles. The van der Waals surface area contributed by atoms with Crippen molar-refractivity contribution in [3.63, 3.8) is 0 Å². The van der Waals surface area contributed by atoms with Crippen LogP contribution in [0, 0.1) is 0 Å². The standard InChI is InChI=1S/C12H11N3/c1-2-12(14-5-1)15-7-4-11(9-15)10-3-6-13-8-10/h1-9,13-14H. The van der Waals surface area contributed by atoms with Gasteiger partial charge in [-0.05, 0) is 24.3 Å². The minimum atomic E-state index is 1.08. The molecule has 74 valence electrons. The Labute approximate surface area is 87.4 Å². The first kappa shape index (κ1) is 8.17. The SMILES string of the molecule is c1c[nH]c(-n2ccc(-c3cc[nH]c3)c2)c1. The highest BCUT2D eigenvalue weighted by Gasteiger charge is 2.01. The highest BCUT2D eigenvalue weighted by molar-refractivity contribution is 5.62. The molecule has 15 heavy (non-hydrogen) atoms. The van der Waals surface area contributed by atoms with Crippen molar-refractivity contribution >= 4 is 0 Å². The molecule has 0 unspecified atom stereocenters. The van der Waals surface area contributed by atoms with Gasteiger partial charge in [0.15, 0.2) is 0 Å². The topological polar surface area (TPSA) is 36.5 Å². The highest BCUT2D eigenvalue weighted by atomic mass is 15.0. The largest absolute Gasteiger partial charge is 0.367 e. The Morgan fingerprint density at radius 1 is 1.00 bits per heavy atom. The molecule has 3 rings (SSSR count). The zero-order valence-electron chi connectivity index (χ0n) is 8.14. The zero-order chi connectivity index (χ0) is 10.1. The maximum absolute atomic E-state index is 3.17. The van der Waals surface area contributed by atoms with Crippen molar-refractivity contribution in [3.8, 4) is 16.9 Å². The van der Waals surface area contributed by atoms with Gasteiger partial charge in [0.05, 0.1) is 0 Å². The van der Waals surface area contributed by atoms with Crippen LogP contribution in [0.4, 0.5) is 0 Å². The molecule has 0 saturated heterocycles. The Hall–Kier alpha value is -2.16. The number of hydrogen-bond acceptors (Lipinski definition) is 0. The van der Waals surface area contributed by atoms with Gasteiger partial charge in [0.25, 0.3) is 0 Å². The lowest BCUT2D eigenvalue weighted by Gasteiger charge is -1.96. The van der Waals surface area contributed by atoms with Crippen LogP contribution < -0.4 is 0 Å². The van der Waals surface area contributed by atoms with Crippen LogP contribution >= 0.6 is 0 Å². The molecule has 3 aromatic rings. The monoisotopic (exact) mass is 197 g/mol. The fraction of sp³-hybridized carbons (Fsp3) is 0. The first-order chi connectivity index (χ1) is 7.43. The van der Waals surface area contributed by atoms with E-state index < -0.39 is 0 Å². The maximum Gasteiger partial charge on any atom is 0.114 e. The molecule has 0 spiro atoms. The Balaban J connectivity index is 2.02. The van der Waals surface area contributed by atoms with Crippen LogP contribution in [-0.2, 0) is 0 Å². The lowest BCUT2D eigenvalue weighted by molar-refractivity contribution is 1.03. The molecule has 3 nitrogen and oxygen atoms in total. The van der Waals surface area contributed by atoms with E-state index >= 15 is 0 Å². The smallest absolute Gasteiger partial charge is 0.114 e. The van der Waals surface area contributed by atoms with E-state index in [2.05, 4.69) is 32.9 Å². The van der Waals surface area contributed by atoms with Crippen LogP contribution in [0.1, 0.15) is 0 Å². The van der Waals surface area contributed by atoms with Gasteiger partial charge in [-0.25, -0.2) is 0 Å². The van der Waals surface area contributed by atoms with E-state index in [0.717, 1.165) is 5.82 Å². The third-order valence-corrected chi connectivity index (χ3v) is 2.48. The van der Waals surface area contributed by atoms with Crippen LogP contribution in [0.3, 0.4) is 0 Å². The molecule has 0 saturated carbocycles. The maximum atomic E-state index is 3.17. The van der Waals surface area contributed by atoms with E-state index in [1.807, 2.05) is 36.9 Å². The highest BCUT2D eigenvalue weighted by Crippen LogP contribution is 2.20. The van der Waals surface area contributed by atoms with E-state index in [1.165, 1.54) is 11.1 Å². The Kier molecular flexibility index (Phi) is 1.75. The summed E-state index contributed by atoms with van der Waals surface area (Å²) in [6.45, 7) is 0. The van der Waals surface area contributed by atoms with Gasteiger partial charge in [-0.15, -0.1) is 0 Å². The summed E-state index contributed by atoms with van der Waals surface area (Å²) < 4.78 is 2.07. The van der Waals surface area contributed by atoms with Crippen LogP contribution in [-0.4, -0.2) is 14.5 Å². The van der Waals surface area contributed by atoms with Gasteiger partial charge in [-0.3, -0.25) is 0 Å². The molecule has 0 bridgehead atoms. The predicted octanol–water partition coefficient (Wildman–Crippen LogP) is 2.80. The van der Waals surface area contributed by atoms with Gasteiger partial charge in [0, 0.05) is 42.1 Å². The molecule has 2 N–H and O–H groups in total. The third-order valence-electron chi connectivity index (χ3n) is 2.48. The van der Waals surface area contributed by atoms with Gasteiger partial charge in [0.2, 0.25) is 0 Å². The number of H-pyrrole nitrogens is 2. The number of aromatic amines is 2. The van der Waals surface area contributed by atoms with Crippen molar-refractivity contribution in [2.45, 2.75) is 0 Å². The molecular weight excluding hydrogens is 186 g/mol. The van der Waals surface area contributed by atoms with E-state index in [9.17, 15) is 0 Å². The first-order valence-corrected chi connectivity index (χ1v) is 4.88. The fourth-order valence-corrected chi connectivity index (χ4v) is 1.70. The second-order valence-corrected chi connectivity index (χ2v) is 3.46. The summed E-state index contributed by atoms with van der Waals surface area (Å²) in [5, 5.41) is 0. The Bertz CT molecular complexity index is 480.